The second kappa shape index (κ2) is 6.92. The molecule has 0 bridgehead atoms. The van der Waals surface area contributed by atoms with Crippen molar-refractivity contribution in [3.63, 3.8) is 0 Å². The Bertz CT molecular complexity index is 971. The number of benzene rings is 2. The molecule has 1 aromatic heterocycles. The highest BCUT2D eigenvalue weighted by atomic mass is 19.4. The van der Waals surface area contributed by atoms with E-state index in [4.69, 9.17) is 5.26 Å². The van der Waals surface area contributed by atoms with Gasteiger partial charge in [0.2, 0.25) is 0 Å². The van der Waals surface area contributed by atoms with E-state index < -0.39 is 6.36 Å². The molecule has 0 aliphatic rings. The fraction of sp³-hybridized carbons (Fsp3) is 0.158. The van der Waals surface area contributed by atoms with Crippen molar-refractivity contribution in [3.05, 3.63) is 66.0 Å². The molecule has 4 nitrogen and oxygen atoms in total. The van der Waals surface area contributed by atoms with Crippen molar-refractivity contribution in [2.45, 2.75) is 19.7 Å². The van der Waals surface area contributed by atoms with Gasteiger partial charge in [-0.2, -0.15) is 10.4 Å². The standard InChI is InChI=1S/C19H14F3N3O/c1-13-11-15(9-10-23)24-25(13)16-6-4-5-14(12-16)17-7-2-3-8-18(17)26-19(20,21)22/h2-8,11-12H,9H2,1H3. The van der Waals surface area contributed by atoms with Crippen molar-refractivity contribution in [1.29, 1.82) is 5.26 Å². The zero-order chi connectivity index (χ0) is 18.7. The zero-order valence-electron chi connectivity index (χ0n) is 13.8. The van der Waals surface area contributed by atoms with E-state index in [1.807, 2.05) is 13.0 Å². The molecule has 0 N–H and O–H groups in total. The minimum Gasteiger partial charge on any atom is -0.405 e. The number of alkyl halides is 3. The van der Waals surface area contributed by atoms with Gasteiger partial charge in [-0.1, -0.05) is 30.3 Å². The van der Waals surface area contributed by atoms with E-state index in [9.17, 15) is 13.2 Å². The van der Waals surface area contributed by atoms with Crippen LogP contribution in [-0.4, -0.2) is 16.1 Å². The Kier molecular flexibility index (Phi) is 4.67. The van der Waals surface area contributed by atoms with Gasteiger partial charge in [0.1, 0.15) is 5.75 Å². The molecule has 1 heterocycles. The van der Waals surface area contributed by atoms with Crippen molar-refractivity contribution in [2.24, 2.45) is 0 Å². The SMILES string of the molecule is Cc1cc(CC#N)nn1-c1cccc(-c2ccccc2OC(F)(F)F)c1. The molecule has 0 saturated carbocycles. The average Bonchev–Trinajstić information content (AvgIpc) is 2.95. The lowest BCUT2D eigenvalue weighted by atomic mass is 10.0. The molecule has 0 saturated heterocycles. The van der Waals surface area contributed by atoms with E-state index in [1.54, 1.807) is 47.1 Å². The molecule has 26 heavy (non-hydrogen) atoms. The molecule has 0 amide bonds. The zero-order valence-corrected chi connectivity index (χ0v) is 13.8. The van der Waals surface area contributed by atoms with E-state index >= 15 is 0 Å². The summed E-state index contributed by atoms with van der Waals surface area (Å²) in [5.74, 6) is -0.264. The van der Waals surface area contributed by atoms with E-state index in [-0.39, 0.29) is 12.2 Å². The Balaban J connectivity index is 2.03. The first-order chi connectivity index (χ1) is 12.4. The summed E-state index contributed by atoms with van der Waals surface area (Å²) in [6.07, 6.45) is -4.58. The summed E-state index contributed by atoms with van der Waals surface area (Å²) in [4.78, 5) is 0. The predicted molar refractivity (Wildman–Crippen MR) is 89.7 cm³/mol. The highest BCUT2D eigenvalue weighted by Crippen LogP contribution is 2.34. The van der Waals surface area contributed by atoms with E-state index in [0.29, 0.717) is 22.5 Å². The number of aryl methyl sites for hydroxylation is 1. The van der Waals surface area contributed by atoms with Crippen LogP contribution in [-0.2, 0) is 6.42 Å². The fourth-order valence-electron chi connectivity index (χ4n) is 2.69. The molecule has 132 valence electrons. The Morgan fingerprint density at radius 1 is 1.12 bits per heavy atom. The van der Waals surface area contributed by atoms with Crippen molar-refractivity contribution in [1.82, 2.24) is 9.78 Å². The molecule has 7 heteroatoms. The molecule has 0 spiro atoms. The van der Waals surface area contributed by atoms with Gasteiger partial charge in [0, 0.05) is 11.3 Å². The van der Waals surface area contributed by atoms with Crippen LogP contribution < -0.4 is 4.74 Å². The molecule has 0 unspecified atom stereocenters. The second-order valence-electron chi connectivity index (χ2n) is 5.62. The molecular weight excluding hydrogens is 343 g/mol. The number of halogens is 3. The number of nitriles is 1. The first-order valence-corrected chi connectivity index (χ1v) is 7.75. The van der Waals surface area contributed by atoms with Crippen LogP contribution >= 0.6 is 0 Å². The van der Waals surface area contributed by atoms with Crippen LogP contribution in [0.25, 0.3) is 16.8 Å². The summed E-state index contributed by atoms with van der Waals surface area (Å²) < 4.78 is 43.7. The predicted octanol–water partition coefficient (Wildman–Crippen LogP) is 4.81. The molecule has 2 aromatic carbocycles. The molecule has 0 fully saturated rings. The Morgan fingerprint density at radius 2 is 1.88 bits per heavy atom. The number of para-hydroxylation sites is 1. The van der Waals surface area contributed by atoms with Gasteiger partial charge in [0.15, 0.2) is 0 Å². The largest absolute Gasteiger partial charge is 0.573 e. The summed E-state index contributed by atoms with van der Waals surface area (Å²) in [5.41, 5.74) is 3.04. The normalized spacial score (nSPS) is 11.2. The number of hydrogen-bond acceptors (Lipinski definition) is 3. The number of aromatic nitrogens is 2. The van der Waals surface area contributed by atoms with Crippen LogP contribution in [0.5, 0.6) is 5.75 Å². The molecule has 0 radical (unpaired) electrons. The summed E-state index contributed by atoms with van der Waals surface area (Å²) in [7, 11) is 0. The number of hydrogen-bond donors (Lipinski definition) is 0. The summed E-state index contributed by atoms with van der Waals surface area (Å²) in [6.45, 7) is 1.85. The minimum absolute atomic E-state index is 0.190. The van der Waals surface area contributed by atoms with Gasteiger partial charge >= 0.3 is 6.36 Å². The van der Waals surface area contributed by atoms with Gasteiger partial charge in [-0.15, -0.1) is 13.2 Å². The third-order valence-corrected chi connectivity index (χ3v) is 3.71. The molecule has 3 rings (SSSR count). The van der Waals surface area contributed by atoms with Gasteiger partial charge < -0.3 is 4.74 Å². The second-order valence-corrected chi connectivity index (χ2v) is 5.62. The van der Waals surface area contributed by atoms with Crippen LogP contribution in [0.1, 0.15) is 11.4 Å². The van der Waals surface area contributed by atoms with Crippen molar-refractivity contribution < 1.29 is 17.9 Å². The van der Waals surface area contributed by atoms with Gasteiger partial charge in [-0.3, -0.25) is 0 Å². The minimum atomic E-state index is -4.77. The van der Waals surface area contributed by atoms with E-state index in [1.165, 1.54) is 12.1 Å². The first kappa shape index (κ1) is 17.5. The van der Waals surface area contributed by atoms with Gasteiger partial charge in [0.25, 0.3) is 0 Å². The Morgan fingerprint density at radius 3 is 2.62 bits per heavy atom. The monoisotopic (exact) mass is 357 g/mol. The lowest BCUT2D eigenvalue weighted by Crippen LogP contribution is -2.17. The first-order valence-electron chi connectivity index (χ1n) is 7.75. The van der Waals surface area contributed by atoms with Gasteiger partial charge in [-0.25, -0.2) is 4.68 Å². The molecule has 3 aromatic rings. The summed E-state index contributed by atoms with van der Waals surface area (Å²) >= 11 is 0. The van der Waals surface area contributed by atoms with Gasteiger partial charge in [-0.05, 0) is 36.8 Å². The fourth-order valence-corrected chi connectivity index (χ4v) is 2.69. The van der Waals surface area contributed by atoms with Crippen LogP contribution in [0.3, 0.4) is 0 Å². The van der Waals surface area contributed by atoms with Gasteiger partial charge in [0.05, 0.1) is 23.9 Å². The summed E-state index contributed by atoms with van der Waals surface area (Å²) in [5, 5.41) is 13.2. The van der Waals surface area contributed by atoms with Crippen LogP contribution in [0, 0.1) is 18.3 Å². The Labute approximate surface area is 148 Å². The number of rotatable bonds is 4. The van der Waals surface area contributed by atoms with Crippen LogP contribution in [0.15, 0.2) is 54.6 Å². The lowest BCUT2D eigenvalue weighted by molar-refractivity contribution is -0.274. The van der Waals surface area contributed by atoms with E-state index in [0.717, 1.165) is 5.69 Å². The number of ether oxygens (including phenoxy) is 1. The topological polar surface area (TPSA) is 50.8 Å². The highest BCUT2D eigenvalue weighted by molar-refractivity contribution is 5.72. The molecule has 0 aliphatic heterocycles. The molecule has 0 atom stereocenters. The quantitative estimate of drug-likeness (QED) is 0.673. The van der Waals surface area contributed by atoms with E-state index in [2.05, 4.69) is 9.84 Å². The molecular formula is C19H14F3N3O. The van der Waals surface area contributed by atoms with Crippen molar-refractivity contribution in [2.75, 3.05) is 0 Å². The van der Waals surface area contributed by atoms with Crippen molar-refractivity contribution >= 4 is 0 Å². The maximum absolute atomic E-state index is 12.6. The van der Waals surface area contributed by atoms with Crippen molar-refractivity contribution in [3.8, 4) is 28.6 Å². The maximum Gasteiger partial charge on any atom is 0.573 e. The average molecular weight is 357 g/mol. The number of nitrogens with zero attached hydrogens (tertiary/aromatic N) is 3. The smallest absolute Gasteiger partial charge is 0.405 e. The Hall–Kier alpha value is -3.27. The third kappa shape index (κ3) is 3.86. The highest BCUT2D eigenvalue weighted by Gasteiger charge is 2.32. The molecule has 0 aliphatic carbocycles. The lowest BCUT2D eigenvalue weighted by Gasteiger charge is -2.14. The summed E-state index contributed by atoms with van der Waals surface area (Å²) in [6, 6.07) is 16.8. The third-order valence-electron chi connectivity index (χ3n) is 3.71. The maximum atomic E-state index is 12.6. The van der Waals surface area contributed by atoms with Crippen LogP contribution in [0.2, 0.25) is 0 Å². The van der Waals surface area contributed by atoms with Crippen LogP contribution in [0.4, 0.5) is 13.2 Å².